The number of benzene rings is 1. The van der Waals surface area contributed by atoms with Gasteiger partial charge >= 0.3 is 0 Å². The van der Waals surface area contributed by atoms with Gasteiger partial charge in [-0.3, -0.25) is 9.69 Å². The van der Waals surface area contributed by atoms with Gasteiger partial charge in [-0.25, -0.2) is 0 Å². The Balaban J connectivity index is 2.11. The Morgan fingerprint density at radius 2 is 2.20 bits per heavy atom. The average molecular weight is 312 g/mol. The maximum atomic E-state index is 12.2. The second kappa shape index (κ2) is 6.19. The molecule has 0 fully saturated rings. The molecule has 106 valence electrons. The summed E-state index contributed by atoms with van der Waals surface area (Å²) in [4.78, 5) is 13.7. The van der Waals surface area contributed by atoms with Gasteiger partial charge in [0, 0.05) is 7.05 Å². The number of hydrogen-bond donors (Lipinski definition) is 0. The molecule has 2 aromatic rings. The van der Waals surface area contributed by atoms with Gasteiger partial charge in [-0.05, 0) is 24.6 Å². The number of halogens is 1. The van der Waals surface area contributed by atoms with Crippen molar-refractivity contribution in [2.24, 2.45) is 0 Å². The summed E-state index contributed by atoms with van der Waals surface area (Å²) in [5, 5.41) is 9.80. The van der Waals surface area contributed by atoms with Crippen molar-refractivity contribution in [3.05, 3.63) is 33.8 Å². The fraction of sp³-hybridized carbons (Fsp3) is 0.308. The molecule has 1 aromatic heterocycles. The van der Waals surface area contributed by atoms with E-state index in [0.717, 1.165) is 10.6 Å². The van der Waals surface area contributed by atoms with Crippen LogP contribution < -0.4 is 9.64 Å². The second-order valence-corrected chi connectivity index (χ2v) is 5.77. The highest BCUT2D eigenvalue weighted by atomic mass is 35.5. The second-order valence-electron chi connectivity index (χ2n) is 4.20. The summed E-state index contributed by atoms with van der Waals surface area (Å²) in [6.07, 6.45) is 0.253. The zero-order valence-corrected chi connectivity index (χ0v) is 13.0. The van der Waals surface area contributed by atoms with E-state index in [4.69, 9.17) is 16.3 Å². The number of ether oxygens (including phenoxy) is 1. The van der Waals surface area contributed by atoms with Gasteiger partial charge in [0.25, 0.3) is 0 Å². The topological polar surface area (TPSA) is 55.3 Å². The van der Waals surface area contributed by atoms with Crippen LogP contribution in [0.3, 0.4) is 0 Å². The SMILES string of the molecule is COc1cc(CC(=O)N(C)c2nnc(C)s2)ccc1Cl. The van der Waals surface area contributed by atoms with Crippen LogP contribution in [0.4, 0.5) is 5.13 Å². The highest BCUT2D eigenvalue weighted by Crippen LogP contribution is 2.26. The van der Waals surface area contributed by atoms with Crippen LogP contribution in [0.25, 0.3) is 0 Å². The number of nitrogens with zero attached hydrogens (tertiary/aromatic N) is 3. The average Bonchev–Trinajstić information content (AvgIpc) is 2.86. The minimum atomic E-state index is -0.0643. The van der Waals surface area contributed by atoms with Gasteiger partial charge in [0.05, 0.1) is 18.6 Å². The van der Waals surface area contributed by atoms with E-state index in [2.05, 4.69) is 10.2 Å². The lowest BCUT2D eigenvalue weighted by Gasteiger charge is -2.13. The molecular weight excluding hydrogens is 298 g/mol. The van der Waals surface area contributed by atoms with Gasteiger partial charge in [0.15, 0.2) is 0 Å². The summed E-state index contributed by atoms with van der Waals surface area (Å²) in [6, 6.07) is 5.29. The Morgan fingerprint density at radius 1 is 1.45 bits per heavy atom. The first-order valence-electron chi connectivity index (χ1n) is 5.90. The van der Waals surface area contributed by atoms with Crippen LogP contribution in [0.5, 0.6) is 5.75 Å². The van der Waals surface area contributed by atoms with Crippen LogP contribution in [0.1, 0.15) is 10.6 Å². The van der Waals surface area contributed by atoms with Crippen LogP contribution in [0, 0.1) is 6.92 Å². The summed E-state index contributed by atoms with van der Waals surface area (Å²) in [7, 11) is 3.23. The first-order chi connectivity index (χ1) is 9.51. The third-order valence-corrected chi connectivity index (χ3v) is 3.97. The maximum absolute atomic E-state index is 12.2. The monoisotopic (exact) mass is 311 g/mol. The van der Waals surface area contributed by atoms with Crippen LogP contribution in [0.15, 0.2) is 18.2 Å². The van der Waals surface area contributed by atoms with Crippen LogP contribution in [-0.4, -0.2) is 30.3 Å². The molecule has 2 rings (SSSR count). The molecule has 5 nitrogen and oxygen atoms in total. The van der Waals surface area contributed by atoms with Gasteiger partial charge in [0.2, 0.25) is 11.0 Å². The molecule has 0 unspecified atom stereocenters. The summed E-state index contributed by atoms with van der Waals surface area (Å²) < 4.78 is 5.14. The Labute approximate surface area is 126 Å². The molecule has 1 aromatic carbocycles. The smallest absolute Gasteiger partial charge is 0.232 e. The summed E-state index contributed by atoms with van der Waals surface area (Å²) in [5.41, 5.74) is 0.837. The Morgan fingerprint density at radius 3 is 2.80 bits per heavy atom. The fourth-order valence-electron chi connectivity index (χ4n) is 1.64. The lowest BCUT2D eigenvalue weighted by atomic mass is 10.1. The number of methoxy groups -OCH3 is 1. The van der Waals surface area contributed by atoms with Crippen molar-refractivity contribution < 1.29 is 9.53 Å². The van der Waals surface area contributed by atoms with E-state index in [-0.39, 0.29) is 12.3 Å². The standard InChI is InChI=1S/C13H14ClN3O2S/c1-8-15-16-13(20-8)17(2)12(18)7-9-4-5-10(14)11(6-9)19-3/h4-6H,7H2,1-3H3. The number of carbonyl (C=O) groups excluding carboxylic acids is 1. The molecule has 1 heterocycles. The summed E-state index contributed by atoms with van der Waals surface area (Å²) in [5.74, 6) is 0.497. The zero-order valence-electron chi connectivity index (χ0n) is 11.4. The largest absolute Gasteiger partial charge is 0.495 e. The normalized spacial score (nSPS) is 10.4. The molecule has 0 aliphatic rings. The van der Waals surface area contributed by atoms with E-state index in [1.54, 1.807) is 26.3 Å². The van der Waals surface area contributed by atoms with Gasteiger partial charge in [0.1, 0.15) is 10.8 Å². The highest BCUT2D eigenvalue weighted by molar-refractivity contribution is 7.15. The molecule has 0 atom stereocenters. The van der Waals surface area contributed by atoms with Crippen molar-refractivity contribution in [2.75, 3.05) is 19.1 Å². The van der Waals surface area contributed by atoms with Gasteiger partial charge in [-0.15, -0.1) is 10.2 Å². The molecular formula is C13H14ClN3O2S. The van der Waals surface area contributed by atoms with Gasteiger partial charge in [-0.1, -0.05) is 29.0 Å². The van der Waals surface area contributed by atoms with Crippen LogP contribution in [-0.2, 0) is 11.2 Å². The molecule has 0 saturated carbocycles. The maximum Gasteiger partial charge on any atom is 0.232 e. The lowest BCUT2D eigenvalue weighted by Crippen LogP contribution is -2.27. The number of amides is 1. The molecule has 0 radical (unpaired) electrons. The molecule has 20 heavy (non-hydrogen) atoms. The van der Waals surface area contributed by atoms with Crippen LogP contribution >= 0.6 is 22.9 Å². The Kier molecular flexibility index (Phi) is 4.57. The van der Waals surface area contributed by atoms with E-state index in [0.29, 0.717) is 15.9 Å². The predicted molar refractivity (Wildman–Crippen MR) is 79.8 cm³/mol. The van der Waals surface area contributed by atoms with E-state index in [9.17, 15) is 4.79 Å². The minimum Gasteiger partial charge on any atom is -0.495 e. The summed E-state index contributed by atoms with van der Waals surface area (Å²) >= 11 is 7.34. The number of anilines is 1. The number of rotatable bonds is 4. The van der Waals surface area contributed by atoms with Crippen molar-refractivity contribution in [3.63, 3.8) is 0 Å². The molecule has 0 spiro atoms. The first kappa shape index (κ1) is 14.7. The van der Waals surface area contributed by atoms with Crippen molar-refractivity contribution in [1.82, 2.24) is 10.2 Å². The summed E-state index contributed by atoms with van der Waals surface area (Å²) in [6.45, 7) is 1.85. The third kappa shape index (κ3) is 3.26. The number of carbonyl (C=O) groups is 1. The van der Waals surface area contributed by atoms with Crippen molar-refractivity contribution in [2.45, 2.75) is 13.3 Å². The van der Waals surface area contributed by atoms with Crippen LogP contribution in [0.2, 0.25) is 5.02 Å². The first-order valence-corrected chi connectivity index (χ1v) is 7.09. The van der Waals surface area contributed by atoms with E-state index < -0.39 is 0 Å². The number of likely N-dealkylation sites (N-methyl/N-ethyl adjacent to an activating group) is 1. The fourth-order valence-corrected chi connectivity index (χ4v) is 2.50. The predicted octanol–water partition coefficient (Wildman–Crippen LogP) is 2.71. The third-order valence-electron chi connectivity index (χ3n) is 2.75. The van der Waals surface area contributed by atoms with Crippen molar-refractivity contribution in [1.29, 1.82) is 0 Å². The Hall–Kier alpha value is -1.66. The van der Waals surface area contributed by atoms with Gasteiger partial charge < -0.3 is 4.74 Å². The van der Waals surface area contributed by atoms with Crippen molar-refractivity contribution in [3.8, 4) is 5.75 Å². The molecule has 0 bridgehead atoms. The minimum absolute atomic E-state index is 0.0643. The highest BCUT2D eigenvalue weighted by Gasteiger charge is 2.16. The molecule has 7 heteroatoms. The van der Waals surface area contributed by atoms with Crippen molar-refractivity contribution >= 4 is 34.0 Å². The number of hydrogen-bond acceptors (Lipinski definition) is 5. The molecule has 0 aliphatic heterocycles. The molecule has 0 saturated heterocycles. The molecule has 1 amide bonds. The van der Waals surface area contributed by atoms with E-state index in [1.807, 2.05) is 13.0 Å². The van der Waals surface area contributed by atoms with Gasteiger partial charge in [-0.2, -0.15) is 0 Å². The number of aryl methyl sites for hydroxylation is 1. The number of aromatic nitrogens is 2. The lowest BCUT2D eigenvalue weighted by molar-refractivity contribution is -0.117. The molecule has 0 N–H and O–H groups in total. The zero-order chi connectivity index (χ0) is 14.7. The molecule has 0 aliphatic carbocycles. The van der Waals surface area contributed by atoms with E-state index >= 15 is 0 Å². The quantitative estimate of drug-likeness (QED) is 0.871. The Bertz CT molecular complexity index is 630. The van der Waals surface area contributed by atoms with E-state index in [1.165, 1.54) is 16.2 Å².